The van der Waals surface area contributed by atoms with Gasteiger partial charge in [0.25, 0.3) is 5.91 Å². The summed E-state index contributed by atoms with van der Waals surface area (Å²) in [4.78, 5) is 12.8. The number of amides is 1. The van der Waals surface area contributed by atoms with Gasteiger partial charge in [-0.05, 0) is 37.0 Å². The zero-order valence-corrected chi connectivity index (χ0v) is 19.6. The Balaban J connectivity index is 2.11. The van der Waals surface area contributed by atoms with Crippen molar-refractivity contribution in [3.8, 4) is 0 Å². The smallest absolute Gasteiger partial charge is 0.251 e. The second-order valence-electron chi connectivity index (χ2n) is 8.75. The molecule has 3 atom stereocenters. The van der Waals surface area contributed by atoms with Gasteiger partial charge in [-0.25, -0.2) is 13.1 Å². The molecule has 0 saturated heterocycles. The predicted octanol–water partition coefficient (Wildman–Crippen LogP) is 1.36. The number of rotatable bonds is 12. The highest BCUT2D eigenvalue weighted by molar-refractivity contribution is 7.89. The predicted molar refractivity (Wildman–Crippen MR) is 126 cm³/mol. The molecule has 32 heavy (non-hydrogen) atoms. The largest absolute Gasteiger partial charge is 0.397 e. The van der Waals surface area contributed by atoms with Crippen LogP contribution in [0.15, 0.2) is 18.2 Å². The number of nitrogen functional groups attached to an aromatic ring is 2. The lowest BCUT2D eigenvalue weighted by molar-refractivity contribution is 0.00201. The minimum atomic E-state index is -3.76. The molecule has 9 nitrogen and oxygen atoms in total. The third-order valence-corrected chi connectivity index (χ3v) is 7.45. The molecule has 0 unspecified atom stereocenters. The first-order valence-corrected chi connectivity index (χ1v) is 13.1. The van der Waals surface area contributed by atoms with Gasteiger partial charge in [0.15, 0.2) is 0 Å². The SMILES string of the molecule is CCCCNS(=O)(=O)C[C@H](O)[C@H](O)[C@H](CC1CCCCC1)NC(=O)c1ccc(N)c(N)c1. The Hall–Kier alpha value is -1.88. The van der Waals surface area contributed by atoms with Gasteiger partial charge in [0.05, 0.1) is 29.3 Å². The van der Waals surface area contributed by atoms with Gasteiger partial charge >= 0.3 is 0 Å². The maximum atomic E-state index is 12.8. The molecule has 1 fully saturated rings. The molecule has 10 heteroatoms. The van der Waals surface area contributed by atoms with Crippen LogP contribution in [0.3, 0.4) is 0 Å². The molecule has 1 amide bonds. The summed E-state index contributed by atoms with van der Waals surface area (Å²) in [6, 6.07) is 3.71. The first-order chi connectivity index (χ1) is 15.1. The molecule has 0 aromatic heterocycles. The maximum Gasteiger partial charge on any atom is 0.251 e. The summed E-state index contributed by atoms with van der Waals surface area (Å²) in [6.07, 6.45) is 4.25. The van der Waals surface area contributed by atoms with Crippen molar-refractivity contribution in [1.29, 1.82) is 0 Å². The van der Waals surface area contributed by atoms with Gasteiger partial charge in [-0.1, -0.05) is 45.4 Å². The number of aliphatic hydroxyl groups excluding tert-OH is 2. The second-order valence-corrected chi connectivity index (χ2v) is 10.6. The quantitative estimate of drug-likeness (QED) is 0.198. The van der Waals surface area contributed by atoms with E-state index in [4.69, 9.17) is 11.5 Å². The molecule has 0 spiro atoms. The zero-order chi connectivity index (χ0) is 23.7. The van der Waals surface area contributed by atoms with Crippen molar-refractivity contribution in [2.45, 2.75) is 76.5 Å². The molecule has 0 bridgehead atoms. The number of anilines is 2. The van der Waals surface area contributed by atoms with Gasteiger partial charge < -0.3 is 27.0 Å². The van der Waals surface area contributed by atoms with Gasteiger partial charge in [-0.3, -0.25) is 4.79 Å². The normalized spacial score (nSPS) is 18.1. The van der Waals surface area contributed by atoms with Gasteiger partial charge in [-0.2, -0.15) is 0 Å². The van der Waals surface area contributed by atoms with E-state index in [1.807, 2.05) is 6.92 Å². The molecule has 8 N–H and O–H groups in total. The number of aliphatic hydroxyl groups is 2. The fourth-order valence-electron chi connectivity index (χ4n) is 4.09. The zero-order valence-electron chi connectivity index (χ0n) is 18.8. The van der Waals surface area contributed by atoms with E-state index in [0.717, 1.165) is 38.5 Å². The molecule has 1 saturated carbocycles. The molecular weight excluding hydrogens is 432 g/mol. The average molecular weight is 471 g/mol. The van der Waals surface area contributed by atoms with Gasteiger partial charge in [0.2, 0.25) is 10.0 Å². The lowest BCUT2D eigenvalue weighted by Crippen LogP contribution is -2.52. The van der Waals surface area contributed by atoms with E-state index in [-0.39, 0.29) is 23.7 Å². The van der Waals surface area contributed by atoms with Crippen LogP contribution in [0.1, 0.15) is 68.6 Å². The van der Waals surface area contributed by atoms with Crippen molar-refractivity contribution < 1.29 is 23.4 Å². The Morgan fingerprint density at radius 1 is 1.16 bits per heavy atom. The van der Waals surface area contributed by atoms with Crippen molar-refractivity contribution in [3.63, 3.8) is 0 Å². The summed E-state index contributed by atoms with van der Waals surface area (Å²) in [5.74, 6) is -0.816. The minimum Gasteiger partial charge on any atom is -0.397 e. The van der Waals surface area contributed by atoms with Crippen LogP contribution in [0.5, 0.6) is 0 Å². The molecule has 1 aliphatic carbocycles. The molecule has 1 aromatic rings. The Labute approximate surface area is 191 Å². The van der Waals surface area contributed by atoms with Crippen LogP contribution >= 0.6 is 0 Å². The van der Waals surface area contributed by atoms with Crippen LogP contribution in [0.2, 0.25) is 0 Å². The van der Waals surface area contributed by atoms with Crippen LogP contribution in [0.25, 0.3) is 0 Å². The molecule has 0 heterocycles. The number of carbonyl (C=O) groups is 1. The Morgan fingerprint density at radius 2 is 1.84 bits per heavy atom. The van der Waals surface area contributed by atoms with E-state index in [2.05, 4.69) is 10.0 Å². The molecule has 2 rings (SSSR count). The minimum absolute atomic E-state index is 0.270. The van der Waals surface area contributed by atoms with E-state index >= 15 is 0 Å². The lowest BCUT2D eigenvalue weighted by atomic mass is 9.83. The Morgan fingerprint density at radius 3 is 2.47 bits per heavy atom. The van der Waals surface area contributed by atoms with Crippen LogP contribution in [-0.4, -0.2) is 55.1 Å². The Kier molecular flexibility index (Phi) is 10.2. The monoisotopic (exact) mass is 470 g/mol. The molecule has 182 valence electrons. The lowest BCUT2D eigenvalue weighted by Gasteiger charge is -2.32. The number of carbonyl (C=O) groups excluding carboxylic acids is 1. The highest BCUT2D eigenvalue weighted by atomic mass is 32.2. The van der Waals surface area contributed by atoms with E-state index in [0.29, 0.717) is 18.5 Å². The van der Waals surface area contributed by atoms with Crippen molar-refractivity contribution in [1.82, 2.24) is 10.0 Å². The molecular formula is C22H38N4O5S. The maximum absolute atomic E-state index is 12.8. The van der Waals surface area contributed by atoms with Crippen LogP contribution in [-0.2, 0) is 10.0 Å². The number of sulfonamides is 1. The molecule has 0 aliphatic heterocycles. The molecule has 0 radical (unpaired) electrons. The summed E-state index contributed by atoms with van der Waals surface area (Å²) < 4.78 is 26.9. The van der Waals surface area contributed by atoms with Gasteiger partial charge in [0.1, 0.15) is 6.10 Å². The van der Waals surface area contributed by atoms with Crippen molar-refractivity contribution >= 4 is 27.3 Å². The standard InChI is InChI=1S/C22H38N4O5S/c1-2-3-11-25-32(30,31)14-20(27)21(28)19(12-15-7-5-4-6-8-15)26-22(29)16-9-10-17(23)18(24)13-16/h9-10,13,15,19-21,25,27-28H,2-8,11-12,14,23-24H2,1H3,(H,26,29)/t19-,20-,21+/m0/s1. The fourth-order valence-corrected chi connectivity index (χ4v) is 5.31. The van der Waals surface area contributed by atoms with E-state index in [1.54, 1.807) is 0 Å². The third-order valence-electron chi connectivity index (χ3n) is 6.03. The van der Waals surface area contributed by atoms with Gasteiger partial charge in [-0.15, -0.1) is 0 Å². The van der Waals surface area contributed by atoms with Crippen molar-refractivity contribution in [2.75, 3.05) is 23.8 Å². The summed E-state index contributed by atoms with van der Waals surface area (Å²) in [7, 11) is -3.76. The van der Waals surface area contributed by atoms with Crippen LogP contribution in [0, 0.1) is 5.92 Å². The van der Waals surface area contributed by atoms with Crippen molar-refractivity contribution in [2.24, 2.45) is 5.92 Å². The van der Waals surface area contributed by atoms with E-state index in [1.165, 1.54) is 18.2 Å². The Bertz CT molecular complexity index is 843. The highest BCUT2D eigenvalue weighted by Gasteiger charge is 2.33. The van der Waals surface area contributed by atoms with Gasteiger partial charge in [0, 0.05) is 12.1 Å². The summed E-state index contributed by atoms with van der Waals surface area (Å²) in [5, 5.41) is 24.1. The topological polar surface area (TPSA) is 168 Å². The van der Waals surface area contributed by atoms with Crippen LogP contribution in [0.4, 0.5) is 11.4 Å². The first-order valence-electron chi connectivity index (χ1n) is 11.4. The number of hydrogen-bond donors (Lipinski definition) is 6. The number of nitrogens with two attached hydrogens (primary N) is 2. The first kappa shape index (κ1) is 26.4. The fraction of sp³-hybridized carbons (Fsp3) is 0.682. The van der Waals surface area contributed by atoms with Crippen molar-refractivity contribution in [3.05, 3.63) is 23.8 Å². The number of benzene rings is 1. The molecule has 1 aromatic carbocycles. The highest BCUT2D eigenvalue weighted by Crippen LogP contribution is 2.28. The van der Waals surface area contributed by atoms with E-state index in [9.17, 15) is 23.4 Å². The summed E-state index contributed by atoms with van der Waals surface area (Å²) in [6.45, 7) is 2.22. The number of nitrogens with one attached hydrogen (secondary N) is 2. The second kappa shape index (κ2) is 12.4. The number of unbranched alkanes of at least 4 members (excludes halogenated alkanes) is 1. The van der Waals surface area contributed by atoms with E-state index < -0.39 is 39.9 Å². The average Bonchev–Trinajstić information content (AvgIpc) is 2.75. The number of hydrogen-bond acceptors (Lipinski definition) is 7. The van der Waals surface area contributed by atoms with Crippen LogP contribution < -0.4 is 21.5 Å². The summed E-state index contributed by atoms with van der Waals surface area (Å²) in [5.41, 5.74) is 12.4. The third kappa shape index (κ3) is 8.23. The summed E-state index contributed by atoms with van der Waals surface area (Å²) >= 11 is 0. The molecule has 1 aliphatic rings.